The summed E-state index contributed by atoms with van der Waals surface area (Å²) < 4.78 is 50.4. The Morgan fingerprint density at radius 1 is 0.678 bits per heavy atom. The van der Waals surface area contributed by atoms with Crippen molar-refractivity contribution in [1.82, 2.24) is 4.98 Å². The standard InChI is InChI=1S/C23H22ClN3O3S2.C19H18Cl2N2O3S/c24-16-4-9-19-15(14-16)2-1-3-20(19)21-10-12-27(22(21)28)17-5-7-18(8-6-17)32(29,30)26-23-25-11-13-31-23;20-14-3-8-17-13(12-14)2-1-10-23(17)18-9-11-22(19(18)24)15-4-6-16(7-5-15)27(21,25)26/h4-9,11,13-14,20-21H,1-3,10,12H2,(H,25,26);3-8,12,18H,1-2,9-11H2/t20?,21-;18-/m10/s1. The number of nitrogens with zero attached hydrogens (tertiary/aromatic N) is 4. The number of fused-ring (bicyclic) bond motifs is 2. The number of carbonyl (C=O) groups is 2. The lowest BCUT2D eigenvalue weighted by molar-refractivity contribution is -0.121. The third kappa shape index (κ3) is 8.85. The molecule has 4 heterocycles. The van der Waals surface area contributed by atoms with Crippen LogP contribution in [-0.2, 0) is 41.5 Å². The lowest BCUT2D eigenvalue weighted by atomic mass is 9.75. The van der Waals surface area contributed by atoms with E-state index in [1.807, 2.05) is 30.3 Å². The lowest BCUT2D eigenvalue weighted by Crippen LogP contribution is -2.44. The first-order chi connectivity index (χ1) is 28.3. The summed E-state index contributed by atoms with van der Waals surface area (Å²) in [5.74, 6) is 0.273. The van der Waals surface area contributed by atoms with Crippen LogP contribution in [0.25, 0.3) is 0 Å². The number of aromatic nitrogens is 1. The zero-order valence-corrected chi connectivity index (χ0v) is 36.4. The number of aryl methyl sites for hydroxylation is 2. The lowest BCUT2D eigenvalue weighted by Gasteiger charge is -2.35. The van der Waals surface area contributed by atoms with Crippen molar-refractivity contribution < 1.29 is 26.4 Å². The largest absolute Gasteiger partial charge is 0.359 e. The predicted molar refractivity (Wildman–Crippen MR) is 234 cm³/mol. The van der Waals surface area contributed by atoms with Gasteiger partial charge in [0.05, 0.1) is 9.79 Å². The molecule has 0 bridgehead atoms. The highest BCUT2D eigenvalue weighted by molar-refractivity contribution is 8.13. The fourth-order valence-corrected chi connectivity index (χ4v) is 11.7. The van der Waals surface area contributed by atoms with Crippen molar-refractivity contribution in [2.24, 2.45) is 5.92 Å². The highest BCUT2D eigenvalue weighted by atomic mass is 35.7. The highest BCUT2D eigenvalue weighted by Gasteiger charge is 2.41. The second kappa shape index (κ2) is 17.1. The molecular weight excluding hydrogens is 873 g/mol. The van der Waals surface area contributed by atoms with E-state index in [0.717, 1.165) is 67.9 Å². The number of benzene rings is 4. The minimum Gasteiger partial charge on any atom is -0.359 e. The molecule has 1 aromatic heterocycles. The summed E-state index contributed by atoms with van der Waals surface area (Å²) in [5.41, 5.74) is 6.15. The molecule has 9 rings (SSSR count). The van der Waals surface area contributed by atoms with Crippen LogP contribution in [-0.4, -0.2) is 59.3 Å². The molecule has 0 radical (unpaired) electrons. The van der Waals surface area contributed by atoms with Gasteiger partial charge in [-0.15, -0.1) is 11.3 Å². The average molecular weight is 913 g/mol. The number of thiazole rings is 1. The van der Waals surface area contributed by atoms with Gasteiger partial charge < -0.3 is 14.7 Å². The van der Waals surface area contributed by atoms with Crippen molar-refractivity contribution in [3.8, 4) is 0 Å². The van der Waals surface area contributed by atoms with Crippen LogP contribution in [0.2, 0.25) is 10.0 Å². The number of amides is 2. The van der Waals surface area contributed by atoms with E-state index < -0.39 is 19.1 Å². The molecule has 2 amide bonds. The van der Waals surface area contributed by atoms with Crippen molar-refractivity contribution in [2.45, 2.75) is 66.7 Å². The Bertz CT molecular complexity index is 2600. The van der Waals surface area contributed by atoms with E-state index >= 15 is 0 Å². The van der Waals surface area contributed by atoms with Gasteiger partial charge in [0.25, 0.3) is 19.1 Å². The summed E-state index contributed by atoms with van der Waals surface area (Å²) >= 11 is 13.5. The second-order valence-corrected chi connectivity index (χ2v) is 21.0. The number of rotatable bonds is 8. The van der Waals surface area contributed by atoms with Crippen LogP contribution in [0.5, 0.6) is 0 Å². The van der Waals surface area contributed by atoms with Gasteiger partial charge in [0.15, 0.2) is 5.13 Å². The fraction of sp³-hybridized carbons (Fsp3) is 0.310. The molecule has 3 aliphatic heterocycles. The average Bonchev–Trinajstić information content (AvgIpc) is 3.97. The topological polar surface area (TPSA) is 137 Å². The van der Waals surface area contributed by atoms with E-state index in [1.165, 1.54) is 52.3 Å². The fourth-order valence-electron chi connectivity index (χ4n) is 8.74. The number of nitrogens with one attached hydrogen (secondary N) is 1. The molecule has 0 saturated carbocycles. The van der Waals surface area contributed by atoms with Crippen LogP contribution in [0.1, 0.15) is 54.7 Å². The Balaban J connectivity index is 0.000000167. The van der Waals surface area contributed by atoms with Crippen molar-refractivity contribution in [1.29, 1.82) is 0 Å². The molecule has 59 heavy (non-hydrogen) atoms. The molecule has 1 unspecified atom stereocenters. The number of hydrogen-bond acceptors (Lipinski definition) is 9. The molecule has 0 spiro atoms. The minimum atomic E-state index is -3.77. The van der Waals surface area contributed by atoms with Crippen LogP contribution in [0, 0.1) is 5.92 Å². The molecule has 5 aromatic rings. The molecular formula is C42H40Cl3N5O6S3. The second-order valence-electron chi connectivity index (χ2n) is 15.0. The third-order valence-corrected chi connectivity index (χ3v) is 15.5. The van der Waals surface area contributed by atoms with E-state index in [1.54, 1.807) is 45.6 Å². The molecule has 3 atom stereocenters. The van der Waals surface area contributed by atoms with Crippen LogP contribution in [0.3, 0.4) is 0 Å². The van der Waals surface area contributed by atoms with Gasteiger partial charge in [0.1, 0.15) is 6.04 Å². The van der Waals surface area contributed by atoms with Gasteiger partial charge in [-0.3, -0.25) is 14.3 Å². The number of carbonyl (C=O) groups excluding carboxylic acids is 2. The summed E-state index contributed by atoms with van der Waals surface area (Å²) in [7, 11) is -2.13. The Morgan fingerprint density at radius 3 is 1.98 bits per heavy atom. The molecule has 11 nitrogen and oxygen atoms in total. The van der Waals surface area contributed by atoms with Gasteiger partial charge in [-0.1, -0.05) is 29.3 Å². The SMILES string of the molecule is O=C1[C@@H](C2CCCc3cc(Cl)ccc32)CCN1c1ccc(S(=O)(=O)Nc2nccs2)cc1.O=C1[C@@H](N2CCCc3cc(Cl)ccc32)CCN1c1ccc(S(=O)(=O)Cl)cc1. The minimum absolute atomic E-state index is 0.0259. The quantitative estimate of drug-likeness (QED) is 0.153. The van der Waals surface area contributed by atoms with Crippen molar-refractivity contribution in [3.63, 3.8) is 0 Å². The number of halogens is 3. The molecule has 1 aliphatic carbocycles. The number of hydrogen-bond donors (Lipinski definition) is 1. The highest BCUT2D eigenvalue weighted by Crippen LogP contribution is 2.43. The summed E-state index contributed by atoms with van der Waals surface area (Å²) in [6.45, 7) is 2.06. The van der Waals surface area contributed by atoms with Gasteiger partial charge in [0, 0.05) is 74.9 Å². The van der Waals surface area contributed by atoms with E-state index in [-0.39, 0.29) is 39.5 Å². The summed E-state index contributed by atoms with van der Waals surface area (Å²) in [6.07, 6.45) is 8.06. The summed E-state index contributed by atoms with van der Waals surface area (Å²) in [4.78, 5) is 36.2. The molecule has 2 fully saturated rings. The van der Waals surface area contributed by atoms with Crippen molar-refractivity contribution in [3.05, 3.63) is 123 Å². The summed E-state index contributed by atoms with van der Waals surface area (Å²) in [5, 5.41) is 3.48. The maximum Gasteiger partial charge on any atom is 0.263 e. The first kappa shape index (κ1) is 41.5. The number of anilines is 4. The Hall–Kier alpha value is -4.18. The van der Waals surface area contributed by atoms with E-state index in [0.29, 0.717) is 28.9 Å². The Kier molecular flexibility index (Phi) is 12.0. The van der Waals surface area contributed by atoms with Crippen LogP contribution in [0.15, 0.2) is 106 Å². The zero-order valence-electron chi connectivity index (χ0n) is 31.6. The van der Waals surface area contributed by atoms with Gasteiger partial charge >= 0.3 is 0 Å². The molecule has 2 saturated heterocycles. The normalized spacial score (nSPS) is 20.5. The molecule has 4 aromatic carbocycles. The molecule has 17 heteroatoms. The van der Waals surface area contributed by atoms with Gasteiger partial charge in [-0.2, -0.15) is 0 Å². The smallest absolute Gasteiger partial charge is 0.263 e. The maximum atomic E-state index is 13.3. The van der Waals surface area contributed by atoms with Crippen LogP contribution >= 0.6 is 45.2 Å². The predicted octanol–water partition coefficient (Wildman–Crippen LogP) is 8.90. The van der Waals surface area contributed by atoms with Gasteiger partial charge in [0.2, 0.25) is 11.8 Å². The molecule has 308 valence electrons. The van der Waals surface area contributed by atoms with Gasteiger partial charge in [-0.25, -0.2) is 21.8 Å². The van der Waals surface area contributed by atoms with Gasteiger partial charge in [-0.05, 0) is 146 Å². The third-order valence-electron chi connectivity index (χ3n) is 11.5. The first-order valence-corrected chi connectivity index (χ1v) is 24.7. The molecule has 4 aliphatic rings. The van der Waals surface area contributed by atoms with Crippen LogP contribution < -0.4 is 19.4 Å². The number of sulfonamides is 1. The summed E-state index contributed by atoms with van der Waals surface area (Å²) in [6, 6.07) is 24.2. The van der Waals surface area contributed by atoms with Crippen LogP contribution in [0.4, 0.5) is 22.2 Å². The maximum absolute atomic E-state index is 13.3. The van der Waals surface area contributed by atoms with E-state index in [4.69, 9.17) is 33.9 Å². The Labute approximate surface area is 362 Å². The Morgan fingerprint density at radius 2 is 1.31 bits per heavy atom. The zero-order chi connectivity index (χ0) is 41.5. The van der Waals surface area contributed by atoms with E-state index in [9.17, 15) is 26.4 Å². The van der Waals surface area contributed by atoms with Crippen molar-refractivity contribution >= 4 is 98.3 Å². The molecule has 1 N–H and O–H groups in total. The van der Waals surface area contributed by atoms with Crippen molar-refractivity contribution in [2.75, 3.05) is 39.1 Å². The monoisotopic (exact) mass is 911 g/mol. The van der Waals surface area contributed by atoms with E-state index in [2.05, 4.69) is 20.7 Å². The first-order valence-electron chi connectivity index (χ1n) is 19.3.